The highest BCUT2D eigenvalue weighted by atomic mass is 19.1. The van der Waals surface area contributed by atoms with E-state index >= 15 is 0 Å². The van der Waals surface area contributed by atoms with Gasteiger partial charge in [-0.05, 0) is 35.9 Å². The summed E-state index contributed by atoms with van der Waals surface area (Å²) in [6.07, 6.45) is 0. The van der Waals surface area contributed by atoms with Crippen molar-refractivity contribution in [2.45, 2.75) is 0 Å². The lowest BCUT2D eigenvalue weighted by Crippen LogP contribution is -2.15. The fourth-order valence-corrected chi connectivity index (χ4v) is 1.98. The molecule has 0 saturated heterocycles. The molecule has 3 nitrogen and oxygen atoms in total. The van der Waals surface area contributed by atoms with E-state index in [9.17, 15) is 4.39 Å². The highest BCUT2D eigenvalue weighted by Crippen LogP contribution is 2.35. The molecule has 0 saturated carbocycles. The van der Waals surface area contributed by atoms with Gasteiger partial charge in [-0.25, -0.2) is 4.39 Å². The van der Waals surface area contributed by atoms with E-state index in [2.05, 4.69) is 0 Å². The molecule has 1 aliphatic heterocycles. The third-order valence-corrected chi connectivity index (χ3v) is 2.85. The van der Waals surface area contributed by atoms with Gasteiger partial charge in [0.1, 0.15) is 19.0 Å². The lowest BCUT2D eigenvalue weighted by molar-refractivity contribution is 0.171. The van der Waals surface area contributed by atoms with Crippen molar-refractivity contribution in [2.24, 2.45) is 0 Å². The summed E-state index contributed by atoms with van der Waals surface area (Å²) in [5.41, 5.74) is 7.19. The van der Waals surface area contributed by atoms with E-state index in [1.54, 1.807) is 24.3 Å². The summed E-state index contributed by atoms with van der Waals surface area (Å²) in [6.45, 7) is 1.06. The van der Waals surface area contributed by atoms with Gasteiger partial charge in [0.15, 0.2) is 11.5 Å². The minimum atomic E-state index is -0.341. The predicted octanol–water partition coefficient (Wildman–Crippen LogP) is 2.85. The molecule has 0 fully saturated rings. The van der Waals surface area contributed by atoms with Crippen LogP contribution in [0.2, 0.25) is 0 Å². The van der Waals surface area contributed by atoms with Gasteiger partial charge in [0.05, 0.1) is 0 Å². The van der Waals surface area contributed by atoms with Crippen molar-refractivity contribution in [3.05, 3.63) is 42.2 Å². The minimum Gasteiger partial charge on any atom is -0.486 e. The van der Waals surface area contributed by atoms with Crippen LogP contribution in [0.1, 0.15) is 0 Å². The average Bonchev–Trinajstić information content (AvgIpc) is 2.38. The Labute approximate surface area is 104 Å². The number of halogens is 1. The first kappa shape index (κ1) is 10.9. The summed E-state index contributed by atoms with van der Waals surface area (Å²) in [6, 6.07) is 10.0. The fourth-order valence-electron chi connectivity index (χ4n) is 1.98. The van der Waals surface area contributed by atoms with Crippen LogP contribution in [0.5, 0.6) is 11.5 Å². The Kier molecular flexibility index (Phi) is 2.55. The Morgan fingerprint density at radius 2 is 1.72 bits per heavy atom. The summed E-state index contributed by atoms with van der Waals surface area (Å²) in [5, 5.41) is 0. The second-order valence-electron chi connectivity index (χ2n) is 4.10. The summed E-state index contributed by atoms with van der Waals surface area (Å²) in [7, 11) is 0. The topological polar surface area (TPSA) is 44.5 Å². The van der Waals surface area contributed by atoms with Gasteiger partial charge in [0.2, 0.25) is 0 Å². The van der Waals surface area contributed by atoms with Gasteiger partial charge >= 0.3 is 0 Å². The van der Waals surface area contributed by atoms with Crippen LogP contribution in [-0.4, -0.2) is 13.2 Å². The molecule has 2 aromatic carbocycles. The molecule has 2 N–H and O–H groups in total. The van der Waals surface area contributed by atoms with Crippen molar-refractivity contribution >= 4 is 5.69 Å². The van der Waals surface area contributed by atoms with Crippen LogP contribution in [0.3, 0.4) is 0 Å². The molecular formula is C14H12FNO2. The van der Waals surface area contributed by atoms with Crippen molar-refractivity contribution in [1.82, 2.24) is 0 Å². The zero-order valence-electron chi connectivity index (χ0n) is 9.65. The Hall–Kier alpha value is -2.23. The van der Waals surface area contributed by atoms with Gasteiger partial charge < -0.3 is 15.2 Å². The van der Waals surface area contributed by atoms with Crippen molar-refractivity contribution < 1.29 is 13.9 Å². The first-order valence-corrected chi connectivity index (χ1v) is 5.69. The van der Waals surface area contributed by atoms with Crippen LogP contribution in [0.25, 0.3) is 11.1 Å². The highest BCUT2D eigenvalue weighted by Gasteiger charge is 2.13. The van der Waals surface area contributed by atoms with Crippen LogP contribution in [0.4, 0.5) is 10.1 Å². The number of rotatable bonds is 1. The number of benzene rings is 2. The largest absolute Gasteiger partial charge is 0.486 e. The monoisotopic (exact) mass is 245 g/mol. The maximum atomic E-state index is 13.8. The van der Waals surface area contributed by atoms with Crippen molar-refractivity contribution in [3.8, 4) is 22.6 Å². The molecule has 4 heteroatoms. The van der Waals surface area contributed by atoms with E-state index in [0.717, 1.165) is 5.56 Å². The first-order chi connectivity index (χ1) is 8.74. The van der Waals surface area contributed by atoms with Crippen LogP contribution < -0.4 is 15.2 Å². The van der Waals surface area contributed by atoms with E-state index in [1.165, 1.54) is 6.07 Å². The van der Waals surface area contributed by atoms with E-state index in [0.29, 0.717) is 36.0 Å². The number of hydrogen-bond donors (Lipinski definition) is 1. The predicted molar refractivity (Wildman–Crippen MR) is 67.2 cm³/mol. The number of hydrogen-bond acceptors (Lipinski definition) is 3. The normalized spacial score (nSPS) is 13.4. The summed E-state index contributed by atoms with van der Waals surface area (Å²) >= 11 is 0. The second kappa shape index (κ2) is 4.22. The van der Waals surface area contributed by atoms with Gasteiger partial charge in [0.25, 0.3) is 0 Å². The Morgan fingerprint density at radius 3 is 2.50 bits per heavy atom. The molecule has 0 unspecified atom stereocenters. The number of anilines is 1. The summed E-state index contributed by atoms with van der Waals surface area (Å²) in [5.74, 6) is 1.00. The number of nitrogen functional groups attached to an aromatic ring is 1. The van der Waals surface area contributed by atoms with Gasteiger partial charge in [0, 0.05) is 11.3 Å². The van der Waals surface area contributed by atoms with Crippen LogP contribution in [0.15, 0.2) is 36.4 Å². The highest BCUT2D eigenvalue weighted by molar-refractivity contribution is 5.69. The number of ether oxygens (including phenoxy) is 2. The minimum absolute atomic E-state index is 0.341. The van der Waals surface area contributed by atoms with E-state index in [4.69, 9.17) is 15.2 Å². The molecular weight excluding hydrogens is 233 g/mol. The van der Waals surface area contributed by atoms with E-state index in [-0.39, 0.29) is 5.82 Å². The van der Waals surface area contributed by atoms with E-state index < -0.39 is 0 Å². The van der Waals surface area contributed by atoms with Gasteiger partial charge in [-0.2, -0.15) is 0 Å². The van der Waals surface area contributed by atoms with Crippen molar-refractivity contribution in [3.63, 3.8) is 0 Å². The molecule has 1 aliphatic rings. The molecule has 92 valence electrons. The molecule has 0 aliphatic carbocycles. The number of fused-ring (bicyclic) bond motifs is 1. The fraction of sp³-hybridized carbons (Fsp3) is 0.143. The molecule has 3 rings (SSSR count). The molecule has 2 aromatic rings. The zero-order valence-corrected chi connectivity index (χ0v) is 9.65. The quantitative estimate of drug-likeness (QED) is 0.786. The number of nitrogens with two attached hydrogens (primary N) is 1. The maximum Gasteiger partial charge on any atom is 0.161 e. The third kappa shape index (κ3) is 1.86. The molecule has 1 heterocycles. The zero-order chi connectivity index (χ0) is 12.5. The van der Waals surface area contributed by atoms with Crippen LogP contribution in [-0.2, 0) is 0 Å². The molecule has 0 radical (unpaired) electrons. The van der Waals surface area contributed by atoms with Crippen molar-refractivity contribution in [1.29, 1.82) is 0 Å². The molecule has 0 aromatic heterocycles. The lowest BCUT2D eigenvalue weighted by Gasteiger charge is -2.19. The van der Waals surface area contributed by atoms with Crippen LogP contribution >= 0.6 is 0 Å². The van der Waals surface area contributed by atoms with Gasteiger partial charge in [-0.15, -0.1) is 0 Å². The molecule has 0 bridgehead atoms. The standard InChI is InChI=1S/C14H12FNO2/c15-12-8-10(16)2-3-11(12)9-1-4-13-14(7-9)18-6-5-17-13/h1-4,7-8H,5-6,16H2. The smallest absolute Gasteiger partial charge is 0.161 e. The molecule has 0 amide bonds. The Bertz CT molecular complexity index is 598. The average molecular weight is 245 g/mol. The van der Waals surface area contributed by atoms with Gasteiger partial charge in [-0.1, -0.05) is 6.07 Å². The SMILES string of the molecule is Nc1ccc(-c2ccc3c(c2)OCCO3)c(F)c1. The molecule has 0 atom stereocenters. The second-order valence-corrected chi connectivity index (χ2v) is 4.10. The van der Waals surface area contributed by atoms with Crippen LogP contribution in [0, 0.1) is 5.82 Å². The Morgan fingerprint density at radius 1 is 0.944 bits per heavy atom. The summed E-state index contributed by atoms with van der Waals surface area (Å²) < 4.78 is 24.7. The van der Waals surface area contributed by atoms with E-state index in [1.807, 2.05) is 6.07 Å². The van der Waals surface area contributed by atoms with Gasteiger partial charge in [-0.3, -0.25) is 0 Å². The summed E-state index contributed by atoms with van der Waals surface area (Å²) in [4.78, 5) is 0. The third-order valence-electron chi connectivity index (χ3n) is 2.85. The Balaban J connectivity index is 2.06. The molecule has 0 spiro atoms. The van der Waals surface area contributed by atoms with Crippen molar-refractivity contribution in [2.75, 3.05) is 18.9 Å². The first-order valence-electron chi connectivity index (χ1n) is 5.69. The lowest BCUT2D eigenvalue weighted by atomic mass is 10.0. The maximum absolute atomic E-state index is 13.8. The molecule has 18 heavy (non-hydrogen) atoms.